The van der Waals surface area contributed by atoms with Gasteiger partial charge in [-0.1, -0.05) is 12.1 Å². The molecule has 0 spiro atoms. The lowest BCUT2D eigenvalue weighted by atomic mass is 10.1. The fourth-order valence-corrected chi connectivity index (χ4v) is 3.13. The predicted molar refractivity (Wildman–Crippen MR) is 97.0 cm³/mol. The summed E-state index contributed by atoms with van der Waals surface area (Å²) in [6, 6.07) is 8.37. The molecule has 0 saturated heterocycles. The van der Waals surface area contributed by atoms with Crippen LogP contribution in [-0.4, -0.2) is 17.4 Å². The number of thiazole rings is 1. The summed E-state index contributed by atoms with van der Waals surface area (Å²) in [5, 5.41) is 5.21. The van der Waals surface area contributed by atoms with E-state index in [1.807, 2.05) is 5.38 Å². The molecule has 1 aromatic carbocycles. The highest BCUT2D eigenvalue weighted by atomic mass is 32.1. The van der Waals surface area contributed by atoms with Crippen LogP contribution in [0, 0.1) is 0 Å². The molecule has 4 nitrogen and oxygen atoms in total. The number of hydrogen-bond donors (Lipinski definition) is 1. The van der Waals surface area contributed by atoms with E-state index in [1.54, 1.807) is 18.2 Å². The number of carbonyl (C=O) groups excluding carboxylic acids is 1. The Bertz CT molecular complexity index is 913. The van der Waals surface area contributed by atoms with Crippen molar-refractivity contribution in [3.8, 4) is 10.6 Å². The van der Waals surface area contributed by atoms with Crippen LogP contribution in [0.15, 0.2) is 58.5 Å². The summed E-state index contributed by atoms with van der Waals surface area (Å²) in [6.45, 7) is 0.400. The average molecular weight is 392 g/mol. The van der Waals surface area contributed by atoms with Gasteiger partial charge in [-0.15, -0.1) is 11.3 Å². The number of furan rings is 1. The van der Waals surface area contributed by atoms with Crippen molar-refractivity contribution in [2.45, 2.75) is 12.6 Å². The number of halogens is 3. The third kappa shape index (κ3) is 5.30. The van der Waals surface area contributed by atoms with Crippen LogP contribution in [-0.2, 0) is 17.4 Å². The summed E-state index contributed by atoms with van der Waals surface area (Å²) < 4.78 is 42.9. The van der Waals surface area contributed by atoms with E-state index in [9.17, 15) is 18.0 Å². The maximum absolute atomic E-state index is 12.6. The first-order valence-electron chi connectivity index (χ1n) is 8.03. The van der Waals surface area contributed by atoms with Crippen molar-refractivity contribution in [1.29, 1.82) is 0 Å². The van der Waals surface area contributed by atoms with Crippen LogP contribution >= 0.6 is 11.3 Å². The van der Waals surface area contributed by atoms with Crippen molar-refractivity contribution in [3.63, 3.8) is 0 Å². The summed E-state index contributed by atoms with van der Waals surface area (Å²) >= 11 is 1.35. The van der Waals surface area contributed by atoms with Gasteiger partial charge < -0.3 is 9.73 Å². The maximum atomic E-state index is 12.6. The molecule has 2 heterocycles. The first-order valence-corrected chi connectivity index (χ1v) is 8.91. The molecule has 1 amide bonds. The monoisotopic (exact) mass is 392 g/mol. The van der Waals surface area contributed by atoms with Gasteiger partial charge in [0.25, 0.3) is 0 Å². The second-order valence-electron chi connectivity index (χ2n) is 5.61. The fraction of sp³-hybridized carbons (Fsp3) is 0.158. The van der Waals surface area contributed by atoms with Crippen LogP contribution in [0.2, 0.25) is 0 Å². The number of rotatable bonds is 6. The molecule has 1 N–H and O–H groups in total. The van der Waals surface area contributed by atoms with E-state index in [1.165, 1.54) is 35.8 Å². The van der Waals surface area contributed by atoms with Gasteiger partial charge in [0.15, 0.2) is 0 Å². The molecule has 2 aromatic heterocycles. The molecule has 0 bridgehead atoms. The number of benzene rings is 1. The van der Waals surface area contributed by atoms with E-state index in [0.29, 0.717) is 29.3 Å². The average Bonchev–Trinajstić information content (AvgIpc) is 3.31. The Morgan fingerprint density at radius 1 is 1.22 bits per heavy atom. The third-order valence-corrected chi connectivity index (χ3v) is 4.57. The van der Waals surface area contributed by atoms with Gasteiger partial charge in [0.1, 0.15) is 10.8 Å². The SMILES string of the molecule is O=C(/C=C/c1ccco1)NCCc1csc(-c2ccc(C(F)(F)F)cc2)n1. The molecule has 8 heteroatoms. The van der Waals surface area contributed by atoms with Crippen molar-refractivity contribution < 1.29 is 22.4 Å². The van der Waals surface area contributed by atoms with Gasteiger partial charge in [-0.3, -0.25) is 4.79 Å². The van der Waals surface area contributed by atoms with E-state index in [4.69, 9.17) is 4.42 Å². The van der Waals surface area contributed by atoms with E-state index in [0.717, 1.165) is 17.8 Å². The molecule has 0 atom stereocenters. The van der Waals surface area contributed by atoms with Gasteiger partial charge >= 0.3 is 6.18 Å². The highest BCUT2D eigenvalue weighted by molar-refractivity contribution is 7.13. The zero-order valence-corrected chi connectivity index (χ0v) is 14.8. The van der Waals surface area contributed by atoms with E-state index < -0.39 is 11.7 Å². The number of hydrogen-bond acceptors (Lipinski definition) is 4. The summed E-state index contributed by atoms with van der Waals surface area (Å²) in [6.07, 6.45) is 0.649. The van der Waals surface area contributed by atoms with Crippen LogP contribution in [0.3, 0.4) is 0 Å². The van der Waals surface area contributed by atoms with Crippen LogP contribution in [0.25, 0.3) is 16.6 Å². The first-order chi connectivity index (χ1) is 12.9. The van der Waals surface area contributed by atoms with Crippen LogP contribution in [0.5, 0.6) is 0 Å². The topological polar surface area (TPSA) is 55.1 Å². The molecule has 0 unspecified atom stereocenters. The van der Waals surface area contributed by atoms with Crippen molar-refractivity contribution in [3.05, 3.63) is 71.1 Å². The molecule has 0 fully saturated rings. The van der Waals surface area contributed by atoms with Gasteiger partial charge in [-0.05, 0) is 30.3 Å². The maximum Gasteiger partial charge on any atom is 0.416 e. The second-order valence-corrected chi connectivity index (χ2v) is 6.47. The minimum absolute atomic E-state index is 0.246. The number of nitrogens with zero attached hydrogens (tertiary/aromatic N) is 1. The van der Waals surface area contributed by atoms with Crippen molar-refractivity contribution in [1.82, 2.24) is 10.3 Å². The Labute approximate surface area is 157 Å². The number of aromatic nitrogens is 1. The molecule has 0 radical (unpaired) electrons. The van der Waals surface area contributed by atoms with Gasteiger partial charge in [0.2, 0.25) is 5.91 Å². The number of amides is 1. The number of nitrogens with one attached hydrogen (secondary N) is 1. The smallest absolute Gasteiger partial charge is 0.416 e. The fourth-order valence-electron chi connectivity index (χ4n) is 2.27. The largest absolute Gasteiger partial charge is 0.465 e. The minimum atomic E-state index is -4.35. The molecule has 0 aliphatic carbocycles. The van der Waals surface area contributed by atoms with Crippen LogP contribution in [0.1, 0.15) is 17.0 Å². The molecule has 0 aliphatic heterocycles. The molecule has 140 valence electrons. The molecule has 0 saturated carbocycles. The van der Waals surface area contributed by atoms with E-state index >= 15 is 0 Å². The van der Waals surface area contributed by atoms with E-state index in [-0.39, 0.29) is 5.91 Å². The van der Waals surface area contributed by atoms with Crippen LogP contribution < -0.4 is 5.32 Å². The lowest BCUT2D eigenvalue weighted by Gasteiger charge is -2.06. The molecule has 3 rings (SSSR count). The minimum Gasteiger partial charge on any atom is -0.465 e. The Morgan fingerprint density at radius 2 is 2.00 bits per heavy atom. The Kier molecular flexibility index (Phi) is 5.75. The zero-order valence-electron chi connectivity index (χ0n) is 14.0. The quantitative estimate of drug-likeness (QED) is 0.614. The summed E-state index contributed by atoms with van der Waals surface area (Å²) in [5.74, 6) is 0.343. The first kappa shape index (κ1) is 18.9. The zero-order chi connectivity index (χ0) is 19.3. The van der Waals surface area contributed by atoms with Gasteiger partial charge in [-0.25, -0.2) is 4.98 Å². The normalized spacial score (nSPS) is 11.8. The molecule has 0 aliphatic rings. The number of alkyl halides is 3. The molecule has 3 aromatic rings. The molecule has 27 heavy (non-hydrogen) atoms. The predicted octanol–water partition coefficient (Wildman–Crippen LogP) is 4.79. The van der Waals surface area contributed by atoms with Gasteiger partial charge in [0.05, 0.1) is 17.5 Å². The lowest BCUT2D eigenvalue weighted by molar-refractivity contribution is -0.137. The Balaban J connectivity index is 1.51. The standard InChI is InChI=1S/C19H15F3N2O2S/c20-19(21,22)14-5-3-13(4-6-14)18-24-15(12-27-18)9-10-23-17(25)8-7-16-2-1-11-26-16/h1-8,11-12H,9-10H2,(H,23,25)/b8-7+. The Morgan fingerprint density at radius 3 is 2.67 bits per heavy atom. The summed E-state index contributed by atoms with van der Waals surface area (Å²) in [5.41, 5.74) is 0.711. The highest BCUT2D eigenvalue weighted by Gasteiger charge is 2.30. The van der Waals surface area contributed by atoms with Crippen molar-refractivity contribution >= 4 is 23.3 Å². The van der Waals surface area contributed by atoms with Crippen LogP contribution in [0.4, 0.5) is 13.2 Å². The lowest BCUT2D eigenvalue weighted by Crippen LogP contribution is -2.23. The molecular formula is C19H15F3N2O2S. The second kappa shape index (κ2) is 8.22. The van der Waals surface area contributed by atoms with E-state index in [2.05, 4.69) is 10.3 Å². The van der Waals surface area contributed by atoms with Crippen molar-refractivity contribution in [2.75, 3.05) is 6.54 Å². The summed E-state index contributed by atoms with van der Waals surface area (Å²) in [4.78, 5) is 16.1. The number of carbonyl (C=O) groups is 1. The third-order valence-electron chi connectivity index (χ3n) is 3.63. The van der Waals surface area contributed by atoms with Crippen molar-refractivity contribution in [2.24, 2.45) is 0 Å². The summed E-state index contributed by atoms with van der Waals surface area (Å²) in [7, 11) is 0. The molecular weight excluding hydrogens is 377 g/mol. The Hall–Kier alpha value is -2.87. The van der Waals surface area contributed by atoms with Gasteiger partial charge in [0, 0.05) is 30.0 Å². The van der Waals surface area contributed by atoms with Gasteiger partial charge in [-0.2, -0.15) is 13.2 Å². The highest BCUT2D eigenvalue weighted by Crippen LogP contribution is 2.31.